The Kier molecular flexibility index (Phi) is 5.36. The molecule has 162 valence electrons. The van der Waals surface area contributed by atoms with Gasteiger partial charge in [0, 0.05) is 35.1 Å². The van der Waals surface area contributed by atoms with E-state index in [2.05, 4.69) is 20.6 Å². The number of aromatic nitrogens is 4. The third-order valence-electron chi connectivity index (χ3n) is 5.68. The number of piperidine rings is 1. The van der Waals surface area contributed by atoms with E-state index in [1.807, 2.05) is 42.5 Å². The van der Waals surface area contributed by atoms with Crippen LogP contribution in [0.25, 0.3) is 16.6 Å². The number of nitrogens with zero attached hydrogens (tertiary/aromatic N) is 4. The summed E-state index contributed by atoms with van der Waals surface area (Å²) in [4.78, 5) is 30.4. The van der Waals surface area contributed by atoms with Crippen molar-refractivity contribution in [2.24, 2.45) is 0 Å². The first-order chi connectivity index (χ1) is 15.6. The van der Waals surface area contributed by atoms with E-state index in [0.717, 1.165) is 16.6 Å². The van der Waals surface area contributed by atoms with Crippen LogP contribution in [-0.2, 0) is 0 Å². The fourth-order valence-electron chi connectivity index (χ4n) is 3.95. The Morgan fingerprint density at radius 2 is 1.88 bits per heavy atom. The van der Waals surface area contributed by atoms with Gasteiger partial charge in [0.05, 0.1) is 11.9 Å². The third-order valence-corrected chi connectivity index (χ3v) is 5.91. The molecule has 0 atom stereocenters. The van der Waals surface area contributed by atoms with E-state index in [9.17, 15) is 9.59 Å². The summed E-state index contributed by atoms with van der Waals surface area (Å²) in [7, 11) is 0. The maximum atomic E-state index is 12.9. The van der Waals surface area contributed by atoms with Crippen LogP contribution in [0.2, 0.25) is 5.02 Å². The molecule has 9 heteroatoms. The molecule has 0 unspecified atom stereocenters. The fraction of sp³-hybridized carbons (Fsp3) is 0.217. The summed E-state index contributed by atoms with van der Waals surface area (Å²) in [6, 6.07) is 16.8. The van der Waals surface area contributed by atoms with Gasteiger partial charge in [-0.05, 0) is 43.2 Å². The summed E-state index contributed by atoms with van der Waals surface area (Å²) >= 11 is 6.03. The molecule has 8 nitrogen and oxygen atoms in total. The molecule has 2 amide bonds. The van der Waals surface area contributed by atoms with Gasteiger partial charge in [-0.15, -0.1) is 5.10 Å². The number of carbonyl (C=O) groups is 2. The number of fused-ring (bicyclic) bond motifs is 1. The molecule has 4 aromatic rings. The molecule has 0 saturated carbocycles. The van der Waals surface area contributed by atoms with Crippen molar-refractivity contribution in [2.45, 2.75) is 18.9 Å². The van der Waals surface area contributed by atoms with Crippen molar-refractivity contribution in [3.63, 3.8) is 0 Å². The van der Waals surface area contributed by atoms with Gasteiger partial charge in [-0.1, -0.05) is 41.1 Å². The van der Waals surface area contributed by atoms with Crippen molar-refractivity contribution in [2.75, 3.05) is 13.1 Å². The van der Waals surface area contributed by atoms with Gasteiger partial charge in [0.15, 0.2) is 5.69 Å². The Bertz CT molecular complexity index is 1260. The number of carbonyl (C=O) groups excluding carboxylic acids is 2. The van der Waals surface area contributed by atoms with Crippen LogP contribution in [0.5, 0.6) is 0 Å². The zero-order valence-corrected chi connectivity index (χ0v) is 17.9. The van der Waals surface area contributed by atoms with E-state index >= 15 is 0 Å². The number of hydrogen-bond donors (Lipinski definition) is 2. The summed E-state index contributed by atoms with van der Waals surface area (Å²) in [6.45, 7) is 1.08. The molecule has 32 heavy (non-hydrogen) atoms. The lowest BCUT2D eigenvalue weighted by Gasteiger charge is -2.31. The number of H-pyrrole nitrogens is 1. The maximum Gasteiger partial charge on any atom is 0.276 e. The van der Waals surface area contributed by atoms with Crippen molar-refractivity contribution < 1.29 is 9.59 Å². The van der Waals surface area contributed by atoms with Gasteiger partial charge in [-0.2, -0.15) is 0 Å². The predicted octanol–water partition coefficient (Wildman–Crippen LogP) is 3.44. The Balaban J connectivity index is 1.18. The zero-order chi connectivity index (χ0) is 22.1. The lowest BCUT2D eigenvalue weighted by molar-refractivity contribution is 0.0692. The monoisotopic (exact) mass is 448 g/mol. The summed E-state index contributed by atoms with van der Waals surface area (Å²) in [6.07, 6.45) is 2.97. The van der Waals surface area contributed by atoms with Gasteiger partial charge in [0.2, 0.25) is 0 Å². The van der Waals surface area contributed by atoms with Gasteiger partial charge < -0.3 is 15.2 Å². The van der Waals surface area contributed by atoms with E-state index < -0.39 is 0 Å². The number of nitrogens with one attached hydrogen (secondary N) is 2. The highest BCUT2D eigenvalue weighted by Gasteiger charge is 2.26. The fourth-order valence-corrected chi connectivity index (χ4v) is 4.14. The number of aromatic amines is 1. The molecule has 1 aliphatic heterocycles. The average molecular weight is 449 g/mol. The second kappa shape index (κ2) is 8.47. The van der Waals surface area contributed by atoms with Crippen LogP contribution in [0.1, 0.15) is 33.8 Å². The molecule has 0 radical (unpaired) electrons. The first-order valence-electron chi connectivity index (χ1n) is 10.4. The molecule has 2 aromatic carbocycles. The van der Waals surface area contributed by atoms with Gasteiger partial charge in [-0.25, -0.2) is 4.68 Å². The standard InChI is InChI=1S/C23H21ClN6O2/c24-16-5-3-6-18(13-16)30-14-21(27-28-30)23(32)29-10-8-17(9-11-29)25-22(31)20-12-15-4-1-2-7-19(15)26-20/h1-7,12-14,17,26H,8-11H2,(H,25,31). The van der Waals surface area contributed by atoms with Crippen LogP contribution >= 0.6 is 11.6 Å². The Hall–Kier alpha value is -3.65. The van der Waals surface area contributed by atoms with E-state index in [0.29, 0.717) is 36.6 Å². The molecule has 0 aliphatic carbocycles. The number of amides is 2. The van der Waals surface area contributed by atoms with E-state index in [4.69, 9.17) is 11.6 Å². The molecule has 1 fully saturated rings. The summed E-state index contributed by atoms with van der Waals surface area (Å²) in [5.41, 5.74) is 2.50. The van der Waals surface area contributed by atoms with Crippen molar-refractivity contribution in [1.82, 2.24) is 30.2 Å². The van der Waals surface area contributed by atoms with Crippen LogP contribution < -0.4 is 5.32 Å². The highest BCUT2D eigenvalue weighted by Crippen LogP contribution is 2.18. The minimum absolute atomic E-state index is 0.0140. The number of rotatable bonds is 4. The second-order valence-electron chi connectivity index (χ2n) is 7.84. The predicted molar refractivity (Wildman–Crippen MR) is 121 cm³/mol. The Morgan fingerprint density at radius 1 is 1.06 bits per heavy atom. The van der Waals surface area contributed by atoms with Crippen molar-refractivity contribution in [3.8, 4) is 5.69 Å². The smallest absolute Gasteiger partial charge is 0.276 e. The van der Waals surface area contributed by atoms with Crippen LogP contribution in [-0.4, -0.2) is 55.8 Å². The van der Waals surface area contributed by atoms with Gasteiger partial charge in [-0.3, -0.25) is 9.59 Å². The summed E-state index contributed by atoms with van der Waals surface area (Å²) in [5.74, 6) is -0.297. The van der Waals surface area contributed by atoms with Crippen molar-refractivity contribution >= 4 is 34.3 Å². The summed E-state index contributed by atoms with van der Waals surface area (Å²) in [5, 5.41) is 12.7. The largest absolute Gasteiger partial charge is 0.351 e. The molecule has 1 saturated heterocycles. The zero-order valence-electron chi connectivity index (χ0n) is 17.2. The van der Waals surface area contributed by atoms with Crippen molar-refractivity contribution in [1.29, 1.82) is 0 Å². The number of hydrogen-bond acceptors (Lipinski definition) is 4. The minimum atomic E-state index is -0.168. The topological polar surface area (TPSA) is 95.9 Å². The van der Waals surface area contributed by atoms with Crippen LogP contribution in [0.4, 0.5) is 0 Å². The highest BCUT2D eigenvalue weighted by molar-refractivity contribution is 6.30. The number of halogens is 1. The second-order valence-corrected chi connectivity index (χ2v) is 8.27. The van der Waals surface area contributed by atoms with Gasteiger partial charge in [0.25, 0.3) is 11.8 Å². The number of likely N-dealkylation sites (tertiary alicyclic amines) is 1. The van der Waals surface area contributed by atoms with Crippen molar-refractivity contribution in [3.05, 3.63) is 77.2 Å². The summed E-state index contributed by atoms with van der Waals surface area (Å²) < 4.78 is 1.53. The number of benzene rings is 2. The van der Waals surface area contributed by atoms with Gasteiger partial charge in [0.1, 0.15) is 5.69 Å². The van der Waals surface area contributed by atoms with E-state index in [1.54, 1.807) is 23.2 Å². The van der Waals surface area contributed by atoms with Crippen LogP contribution in [0.15, 0.2) is 60.8 Å². The van der Waals surface area contributed by atoms with Crippen LogP contribution in [0.3, 0.4) is 0 Å². The molecule has 5 rings (SSSR count). The maximum absolute atomic E-state index is 12.9. The molecule has 1 aliphatic rings. The van der Waals surface area contributed by atoms with Gasteiger partial charge >= 0.3 is 0 Å². The number of para-hydroxylation sites is 1. The average Bonchev–Trinajstić information content (AvgIpc) is 3.47. The third kappa shape index (κ3) is 4.09. The normalized spacial score (nSPS) is 14.6. The van der Waals surface area contributed by atoms with Crippen LogP contribution in [0, 0.1) is 0 Å². The Labute approximate surface area is 189 Å². The first kappa shape index (κ1) is 20.3. The molecule has 0 spiro atoms. The van der Waals surface area contributed by atoms with E-state index in [-0.39, 0.29) is 23.6 Å². The SMILES string of the molecule is O=C(NC1CCN(C(=O)c2cn(-c3cccc(Cl)c3)nn2)CC1)c1cc2ccccc2[nH]1. The lowest BCUT2D eigenvalue weighted by Crippen LogP contribution is -2.46. The quantitative estimate of drug-likeness (QED) is 0.500. The molecule has 0 bridgehead atoms. The first-order valence-corrected chi connectivity index (χ1v) is 10.8. The molecule has 2 aromatic heterocycles. The molecule has 3 heterocycles. The minimum Gasteiger partial charge on any atom is -0.351 e. The molecule has 2 N–H and O–H groups in total. The molecular formula is C23H21ClN6O2. The molecular weight excluding hydrogens is 428 g/mol. The van der Waals surface area contributed by atoms with E-state index in [1.165, 1.54) is 4.68 Å². The lowest BCUT2D eigenvalue weighted by atomic mass is 10.0. The highest BCUT2D eigenvalue weighted by atomic mass is 35.5. The Morgan fingerprint density at radius 3 is 2.66 bits per heavy atom.